The Morgan fingerprint density at radius 2 is 1.95 bits per heavy atom. The maximum Gasteiger partial charge on any atom is 0.248 e. The van der Waals surface area contributed by atoms with Gasteiger partial charge in [-0.1, -0.05) is 43.7 Å². The van der Waals surface area contributed by atoms with Crippen LogP contribution in [-0.2, 0) is 24.7 Å². The highest BCUT2D eigenvalue weighted by Crippen LogP contribution is 2.48. The van der Waals surface area contributed by atoms with Gasteiger partial charge >= 0.3 is 0 Å². The molecule has 0 radical (unpaired) electrons. The molecule has 8 rings (SSSR count). The fourth-order valence-electron chi connectivity index (χ4n) is 7.02. The lowest BCUT2D eigenvalue weighted by atomic mass is 9.65. The predicted molar refractivity (Wildman–Crippen MR) is 162 cm³/mol. The minimum atomic E-state index is -0.00414. The van der Waals surface area contributed by atoms with Crippen molar-refractivity contribution in [3.63, 3.8) is 0 Å². The molecule has 2 aromatic heterocycles. The van der Waals surface area contributed by atoms with Crippen molar-refractivity contribution in [2.24, 2.45) is 0 Å². The van der Waals surface area contributed by atoms with Crippen molar-refractivity contribution in [2.45, 2.75) is 89.1 Å². The molecule has 0 saturated heterocycles. The number of benzene rings is 1. The predicted octanol–water partition coefficient (Wildman–Crippen LogP) is 5.51. The number of fused-ring (bicyclic) bond motifs is 4. The Bertz CT molecular complexity index is 1500. The Morgan fingerprint density at radius 3 is 2.73 bits per heavy atom. The Kier molecular flexibility index (Phi) is 6.38. The van der Waals surface area contributed by atoms with Crippen LogP contribution in [0.2, 0.25) is 0 Å². The van der Waals surface area contributed by atoms with Gasteiger partial charge < -0.3 is 21.7 Å². The van der Waals surface area contributed by atoms with Gasteiger partial charge in [-0.25, -0.2) is 4.98 Å². The third-order valence-electron chi connectivity index (χ3n) is 9.12. The summed E-state index contributed by atoms with van der Waals surface area (Å²) in [5.74, 6) is 1.57. The van der Waals surface area contributed by atoms with Crippen molar-refractivity contribution in [1.29, 1.82) is 0 Å². The molecule has 0 spiro atoms. The zero-order valence-electron chi connectivity index (χ0n) is 23.6. The van der Waals surface area contributed by atoms with Crippen molar-refractivity contribution < 1.29 is 0 Å². The molecule has 3 heterocycles. The van der Waals surface area contributed by atoms with E-state index < -0.39 is 0 Å². The van der Waals surface area contributed by atoms with Crippen molar-refractivity contribution in [2.75, 3.05) is 22.9 Å². The first kappa shape index (κ1) is 25.3. The highest BCUT2D eigenvalue weighted by molar-refractivity contribution is 5.65. The van der Waals surface area contributed by atoms with E-state index in [1.54, 1.807) is 4.68 Å². The van der Waals surface area contributed by atoms with Crippen molar-refractivity contribution in [3.05, 3.63) is 70.5 Å². The summed E-state index contributed by atoms with van der Waals surface area (Å²) >= 11 is 0. The van der Waals surface area contributed by atoms with Gasteiger partial charge in [0.05, 0.1) is 11.4 Å². The van der Waals surface area contributed by atoms with E-state index in [-0.39, 0.29) is 5.41 Å². The number of nitrogens with one attached hydrogen (secondary N) is 3. The molecule has 0 fully saturated rings. The van der Waals surface area contributed by atoms with Gasteiger partial charge in [0.25, 0.3) is 0 Å². The molecule has 2 atom stereocenters. The smallest absolute Gasteiger partial charge is 0.248 e. The Hall–Kier alpha value is -3.65. The maximum atomic E-state index is 6.45. The van der Waals surface area contributed by atoms with E-state index in [0.29, 0.717) is 24.0 Å². The van der Waals surface area contributed by atoms with E-state index in [1.807, 2.05) is 0 Å². The molecule has 208 valence electrons. The van der Waals surface area contributed by atoms with Crippen LogP contribution in [0.4, 0.5) is 23.3 Å². The lowest BCUT2D eigenvalue weighted by molar-refractivity contribution is 0.424. The number of nitrogens with zero attached hydrogens (tertiary/aromatic N) is 4. The largest absolute Gasteiger partial charge is 0.383 e. The summed E-state index contributed by atoms with van der Waals surface area (Å²) in [6, 6.07) is 9.90. The summed E-state index contributed by atoms with van der Waals surface area (Å²) in [5.41, 5.74) is 15.4. The molecule has 8 heteroatoms. The lowest BCUT2D eigenvalue weighted by Crippen LogP contribution is -2.34. The van der Waals surface area contributed by atoms with Gasteiger partial charge in [-0.15, -0.1) is 5.10 Å². The van der Waals surface area contributed by atoms with Crippen molar-refractivity contribution in [1.82, 2.24) is 25.1 Å². The number of allylic oxidation sites excluding steroid dienone is 4. The molecule has 0 saturated carbocycles. The van der Waals surface area contributed by atoms with E-state index in [4.69, 9.17) is 15.8 Å². The lowest BCUT2D eigenvalue weighted by Gasteiger charge is -2.40. The maximum absolute atomic E-state index is 6.45. The highest BCUT2D eigenvalue weighted by atomic mass is 15.4. The van der Waals surface area contributed by atoms with Gasteiger partial charge in [0.2, 0.25) is 11.9 Å². The topological polar surface area (TPSA) is 106 Å². The second-order valence-electron chi connectivity index (χ2n) is 12.3. The third kappa shape index (κ3) is 4.68. The molecular formula is C32H40N8. The molecule has 0 amide bonds. The SMILES string of the molecule is CC(C)N[C@H]1CCc2ccc(Nc3nc(N)n(-c4cc(C56C=CC(=CC5)CC6)c5c(n4)CCCN5)n3)cc2CC1. The molecule has 40 heavy (non-hydrogen) atoms. The number of pyridine rings is 1. The molecular weight excluding hydrogens is 496 g/mol. The highest BCUT2D eigenvalue weighted by Gasteiger charge is 2.38. The standard InChI is InChI=1S/C32H40N8/c1-20(2)35-24-8-5-22-6-10-25(18-23(22)7-9-24)36-31-38-30(33)40(39-31)28-19-26(29-27(37-28)4-3-17-34-29)32-14-11-21(12-15-32)13-16-32/h6,10-12,14,18-20,24,34-35H,3-5,7-9,13,15-17H2,1-2H3,(H3,33,36,38,39)/t24-,32?/m0/s1. The number of aromatic nitrogens is 4. The quantitative estimate of drug-likeness (QED) is 0.308. The molecule has 2 bridgehead atoms. The Balaban J connectivity index is 1.17. The number of hydrogen-bond acceptors (Lipinski definition) is 7. The zero-order chi connectivity index (χ0) is 27.3. The number of hydrogen-bond donors (Lipinski definition) is 4. The molecule has 8 nitrogen and oxygen atoms in total. The summed E-state index contributed by atoms with van der Waals surface area (Å²) < 4.78 is 1.69. The Labute approximate surface area is 236 Å². The van der Waals surface area contributed by atoms with E-state index in [0.717, 1.165) is 75.1 Å². The van der Waals surface area contributed by atoms with Gasteiger partial charge in [0.15, 0.2) is 5.82 Å². The number of anilines is 4. The summed E-state index contributed by atoms with van der Waals surface area (Å²) in [6.45, 7) is 5.44. The first-order chi connectivity index (χ1) is 19.5. The fourth-order valence-corrected chi connectivity index (χ4v) is 7.02. The van der Waals surface area contributed by atoms with Crippen LogP contribution in [0.5, 0.6) is 0 Å². The number of nitrogen functional groups attached to an aromatic ring is 1. The van der Waals surface area contributed by atoms with Crippen LogP contribution in [0, 0.1) is 0 Å². The van der Waals surface area contributed by atoms with Crippen molar-refractivity contribution >= 4 is 23.3 Å². The number of aryl methyl sites for hydroxylation is 3. The van der Waals surface area contributed by atoms with Gasteiger partial charge in [-0.05, 0) is 92.7 Å². The summed E-state index contributed by atoms with van der Waals surface area (Å²) in [7, 11) is 0. The van der Waals surface area contributed by atoms with Crippen LogP contribution in [0.25, 0.3) is 5.82 Å². The number of nitrogens with two attached hydrogens (primary N) is 1. The van der Waals surface area contributed by atoms with Crippen LogP contribution in [0.1, 0.15) is 74.8 Å². The van der Waals surface area contributed by atoms with Crippen LogP contribution in [0.15, 0.2) is 48.1 Å². The van der Waals surface area contributed by atoms with E-state index in [1.165, 1.54) is 34.4 Å². The molecule has 5 aliphatic rings. The van der Waals surface area contributed by atoms with Gasteiger partial charge in [-0.2, -0.15) is 9.67 Å². The first-order valence-corrected chi connectivity index (χ1v) is 15.0. The molecule has 5 N–H and O–H groups in total. The van der Waals surface area contributed by atoms with E-state index in [9.17, 15) is 0 Å². The first-order valence-electron chi connectivity index (χ1n) is 15.0. The Morgan fingerprint density at radius 1 is 1.07 bits per heavy atom. The molecule has 3 aromatic rings. The second-order valence-corrected chi connectivity index (χ2v) is 12.3. The van der Waals surface area contributed by atoms with Crippen LogP contribution < -0.4 is 21.7 Å². The van der Waals surface area contributed by atoms with Gasteiger partial charge in [0.1, 0.15) is 0 Å². The average Bonchev–Trinajstić information content (AvgIpc) is 3.22. The van der Waals surface area contributed by atoms with Gasteiger partial charge in [-0.3, -0.25) is 0 Å². The monoisotopic (exact) mass is 536 g/mol. The third-order valence-corrected chi connectivity index (χ3v) is 9.12. The number of rotatable bonds is 6. The van der Waals surface area contributed by atoms with E-state index >= 15 is 0 Å². The van der Waals surface area contributed by atoms with Crippen molar-refractivity contribution in [3.8, 4) is 5.82 Å². The molecule has 1 unspecified atom stereocenters. The van der Waals surface area contributed by atoms with Crippen LogP contribution >= 0.6 is 0 Å². The second kappa shape index (κ2) is 10.1. The normalized spacial score (nSPS) is 23.3. The summed E-state index contributed by atoms with van der Waals surface area (Å²) in [5, 5.41) is 15.6. The zero-order valence-corrected chi connectivity index (χ0v) is 23.6. The molecule has 1 aromatic carbocycles. The minimum absolute atomic E-state index is 0.00414. The minimum Gasteiger partial charge on any atom is -0.383 e. The average molecular weight is 537 g/mol. The summed E-state index contributed by atoms with van der Waals surface area (Å²) in [6.07, 6.45) is 16.9. The fraction of sp³-hybridized carbons (Fsp3) is 0.469. The van der Waals surface area contributed by atoms with Gasteiger partial charge in [0, 0.05) is 29.7 Å². The summed E-state index contributed by atoms with van der Waals surface area (Å²) in [4.78, 5) is 9.63. The molecule has 1 aliphatic heterocycles. The van der Waals surface area contributed by atoms with Crippen LogP contribution in [-0.4, -0.2) is 38.4 Å². The molecule has 4 aliphatic carbocycles. The van der Waals surface area contributed by atoms with Crippen LogP contribution in [0.3, 0.4) is 0 Å². The van der Waals surface area contributed by atoms with E-state index in [2.05, 4.69) is 77.3 Å².